The fourth-order valence-corrected chi connectivity index (χ4v) is 3.32. The van der Waals surface area contributed by atoms with Gasteiger partial charge in [-0.05, 0) is 35.4 Å². The van der Waals surface area contributed by atoms with E-state index >= 15 is 0 Å². The molecule has 218 valence electrons. The molecule has 0 radical (unpaired) electrons. The molecule has 0 aliphatic rings. The maximum Gasteiger partial charge on any atom is 0.405 e. The van der Waals surface area contributed by atoms with Crippen molar-refractivity contribution < 1.29 is 41.1 Å². The number of alkyl halides is 5. The molecule has 0 spiro atoms. The van der Waals surface area contributed by atoms with Crippen LogP contribution in [0.2, 0.25) is 10.0 Å². The molecular formula is C26H26Cl2F5N3O4. The van der Waals surface area contributed by atoms with Crippen molar-refractivity contribution in [2.24, 2.45) is 0 Å². The monoisotopic (exact) mass is 609 g/mol. The minimum Gasteiger partial charge on any atom is -0.347 e. The van der Waals surface area contributed by atoms with E-state index in [1.807, 2.05) is 5.32 Å². The van der Waals surface area contributed by atoms with Crippen molar-refractivity contribution in [1.82, 2.24) is 16.0 Å². The molecular weight excluding hydrogens is 584 g/mol. The van der Waals surface area contributed by atoms with Gasteiger partial charge in [-0.2, -0.15) is 22.0 Å². The molecule has 2 aromatic carbocycles. The highest BCUT2D eigenvalue weighted by atomic mass is 35.5. The summed E-state index contributed by atoms with van der Waals surface area (Å²) >= 11 is 11.8. The summed E-state index contributed by atoms with van der Waals surface area (Å²) in [6.07, 6.45) is -1.33. The Morgan fingerprint density at radius 3 is 1.98 bits per heavy atom. The van der Waals surface area contributed by atoms with E-state index in [2.05, 4.69) is 19.2 Å². The highest BCUT2D eigenvalue weighted by molar-refractivity contribution is 6.34. The van der Waals surface area contributed by atoms with Gasteiger partial charge < -0.3 is 16.0 Å². The standard InChI is InChI=1S/C23H18Cl2F5N3O4.C3H8/c24-15-8-13(9-16(25)10-15)6-7-18(35)33-19(14-4-2-1-3-5-14)20(36)31-11-17(34)23(29,30)21(37)32-12-22(26,27)28;1-3-2/h1-10,19H,11-12H2,(H,31,36)(H,32,37)(H,33,35);3H2,1-2H3/b7-6+;. The topological polar surface area (TPSA) is 104 Å². The smallest absolute Gasteiger partial charge is 0.347 e. The highest BCUT2D eigenvalue weighted by Gasteiger charge is 2.47. The zero-order chi connectivity index (χ0) is 30.5. The van der Waals surface area contributed by atoms with Crippen molar-refractivity contribution in [3.8, 4) is 0 Å². The quantitative estimate of drug-likeness (QED) is 0.194. The number of benzene rings is 2. The average molecular weight is 610 g/mol. The van der Waals surface area contributed by atoms with Crippen molar-refractivity contribution in [1.29, 1.82) is 0 Å². The second kappa shape index (κ2) is 15.9. The lowest BCUT2D eigenvalue weighted by atomic mass is 10.1. The molecule has 0 fully saturated rings. The van der Waals surface area contributed by atoms with Gasteiger partial charge in [0.2, 0.25) is 17.6 Å². The molecule has 3 N–H and O–H groups in total. The van der Waals surface area contributed by atoms with Crippen molar-refractivity contribution in [3.05, 3.63) is 75.8 Å². The Morgan fingerprint density at radius 2 is 1.45 bits per heavy atom. The summed E-state index contributed by atoms with van der Waals surface area (Å²) in [5.41, 5.74) is 0.680. The van der Waals surface area contributed by atoms with Crippen LogP contribution in [0, 0.1) is 0 Å². The van der Waals surface area contributed by atoms with Crippen LogP contribution >= 0.6 is 23.2 Å². The summed E-state index contributed by atoms with van der Waals surface area (Å²) in [6, 6.07) is 10.6. The molecule has 3 amide bonds. The minimum atomic E-state index is -4.97. The van der Waals surface area contributed by atoms with Crippen LogP contribution in [-0.2, 0) is 19.2 Å². The molecule has 0 heterocycles. The van der Waals surface area contributed by atoms with Gasteiger partial charge in [-0.1, -0.05) is 73.8 Å². The number of nitrogens with one attached hydrogen (secondary N) is 3. The molecule has 1 unspecified atom stereocenters. The maximum absolute atomic E-state index is 13.9. The number of halogens is 7. The summed E-state index contributed by atoms with van der Waals surface area (Å²) in [5.74, 6) is -11.4. The molecule has 0 saturated carbocycles. The van der Waals surface area contributed by atoms with Gasteiger partial charge in [0.05, 0.1) is 6.54 Å². The number of hydrogen-bond acceptors (Lipinski definition) is 4. The number of carbonyl (C=O) groups excluding carboxylic acids is 4. The largest absolute Gasteiger partial charge is 0.405 e. The lowest BCUT2D eigenvalue weighted by Gasteiger charge is -2.19. The summed E-state index contributed by atoms with van der Waals surface area (Å²) in [7, 11) is 0. The zero-order valence-electron chi connectivity index (χ0n) is 21.3. The first-order valence-electron chi connectivity index (χ1n) is 11.6. The number of rotatable bonds is 10. The summed E-state index contributed by atoms with van der Waals surface area (Å²) in [6.45, 7) is 0.777. The Morgan fingerprint density at radius 1 is 0.900 bits per heavy atom. The van der Waals surface area contributed by atoms with Gasteiger partial charge in [0.1, 0.15) is 12.6 Å². The number of Topliss-reactive ketones (excluding diaryl/α,β-unsaturated/α-hetero) is 1. The predicted octanol–water partition coefficient (Wildman–Crippen LogP) is 5.28. The Balaban J connectivity index is 0.00000254. The maximum atomic E-state index is 13.9. The molecule has 7 nitrogen and oxygen atoms in total. The van der Waals surface area contributed by atoms with E-state index in [4.69, 9.17) is 23.2 Å². The van der Waals surface area contributed by atoms with Crippen LogP contribution in [0.3, 0.4) is 0 Å². The Bertz CT molecular complexity index is 1190. The number of ketones is 1. The number of amides is 3. The Labute approximate surface area is 237 Å². The van der Waals surface area contributed by atoms with Gasteiger partial charge >= 0.3 is 12.1 Å². The van der Waals surface area contributed by atoms with Crippen LogP contribution in [0.5, 0.6) is 0 Å². The first kappa shape index (κ1) is 34.5. The Kier molecular flexibility index (Phi) is 13.7. The van der Waals surface area contributed by atoms with Crippen LogP contribution in [0.15, 0.2) is 54.6 Å². The molecule has 0 saturated heterocycles. The van der Waals surface area contributed by atoms with E-state index in [1.165, 1.54) is 55.0 Å². The van der Waals surface area contributed by atoms with Gasteiger partial charge in [-0.3, -0.25) is 19.2 Å². The fourth-order valence-electron chi connectivity index (χ4n) is 2.78. The van der Waals surface area contributed by atoms with Crippen LogP contribution in [0.25, 0.3) is 6.08 Å². The molecule has 40 heavy (non-hydrogen) atoms. The molecule has 14 heteroatoms. The van der Waals surface area contributed by atoms with Crippen LogP contribution in [-0.4, -0.2) is 48.7 Å². The van der Waals surface area contributed by atoms with Gasteiger partial charge in [0.15, 0.2) is 0 Å². The second-order valence-corrected chi connectivity index (χ2v) is 8.98. The van der Waals surface area contributed by atoms with E-state index in [0.29, 0.717) is 15.6 Å². The lowest BCUT2D eigenvalue weighted by Crippen LogP contribution is -2.52. The zero-order valence-corrected chi connectivity index (χ0v) is 22.8. The van der Waals surface area contributed by atoms with Gasteiger partial charge in [0.25, 0.3) is 5.91 Å². The van der Waals surface area contributed by atoms with Crippen molar-refractivity contribution >= 4 is 52.8 Å². The summed E-state index contributed by atoms with van der Waals surface area (Å²) < 4.78 is 64.3. The number of carbonyl (C=O) groups is 4. The summed E-state index contributed by atoms with van der Waals surface area (Å²) in [5, 5.41) is 5.74. The van der Waals surface area contributed by atoms with E-state index in [0.717, 1.165) is 11.4 Å². The first-order valence-corrected chi connectivity index (χ1v) is 12.4. The van der Waals surface area contributed by atoms with E-state index in [-0.39, 0.29) is 5.56 Å². The minimum absolute atomic E-state index is 0.217. The van der Waals surface area contributed by atoms with Crippen LogP contribution in [0.4, 0.5) is 22.0 Å². The van der Waals surface area contributed by atoms with Crippen LogP contribution in [0.1, 0.15) is 37.4 Å². The molecule has 2 aromatic rings. The van der Waals surface area contributed by atoms with Gasteiger partial charge in [-0.25, -0.2) is 0 Å². The highest BCUT2D eigenvalue weighted by Crippen LogP contribution is 2.21. The molecule has 0 aliphatic heterocycles. The average Bonchev–Trinajstić information content (AvgIpc) is 2.87. The lowest BCUT2D eigenvalue weighted by molar-refractivity contribution is -0.163. The second-order valence-electron chi connectivity index (χ2n) is 8.11. The van der Waals surface area contributed by atoms with Crippen molar-refractivity contribution in [2.45, 2.75) is 38.4 Å². The molecule has 0 aliphatic carbocycles. The molecule has 1 atom stereocenters. The van der Waals surface area contributed by atoms with Gasteiger partial charge in [-0.15, -0.1) is 0 Å². The Hall–Kier alpha value is -3.51. The third-order valence-corrected chi connectivity index (χ3v) is 4.94. The van der Waals surface area contributed by atoms with Crippen LogP contribution < -0.4 is 16.0 Å². The van der Waals surface area contributed by atoms with Crippen molar-refractivity contribution in [3.63, 3.8) is 0 Å². The summed E-state index contributed by atoms with van der Waals surface area (Å²) in [4.78, 5) is 48.3. The third kappa shape index (κ3) is 12.1. The SMILES string of the molecule is CCC.O=C(/C=C/c1cc(Cl)cc(Cl)c1)NC(C(=O)NCC(=O)C(F)(F)C(=O)NCC(F)(F)F)c1ccccc1. The number of hydrogen-bond donors (Lipinski definition) is 3. The van der Waals surface area contributed by atoms with E-state index in [1.54, 1.807) is 6.07 Å². The van der Waals surface area contributed by atoms with Gasteiger partial charge in [0, 0.05) is 16.1 Å². The molecule has 0 aromatic heterocycles. The molecule has 0 bridgehead atoms. The molecule has 2 rings (SSSR count). The van der Waals surface area contributed by atoms with Crippen molar-refractivity contribution in [2.75, 3.05) is 13.1 Å². The fraction of sp³-hybridized carbons (Fsp3) is 0.308. The first-order chi connectivity index (χ1) is 18.6. The van der Waals surface area contributed by atoms with E-state index < -0.39 is 54.7 Å². The van der Waals surface area contributed by atoms with E-state index in [9.17, 15) is 41.1 Å². The third-order valence-electron chi connectivity index (χ3n) is 4.50. The predicted molar refractivity (Wildman–Crippen MR) is 141 cm³/mol. The normalized spacial score (nSPS) is 12.1.